The van der Waals surface area contributed by atoms with E-state index in [4.69, 9.17) is 0 Å². The van der Waals surface area contributed by atoms with Gasteiger partial charge in [0, 0.05) is 13.1 Å². The normalized spacial score (nSPS) is 42.6. The first-order chi connectivity index (χ1) is 7.50. The van der Waals surface area contributed by atoms with Crippen molar-refractivity contribution in [3.63, 3.8) is 0 Å². The van der Waals surface area contributed by atoms with Crippen LogP contribution in [0.15, 0.2) is 0 Å². The second-order valence-corrected chi connectivity index (χ2v) is 6.23. The average molecular weight is 258 g/mol. The maximum absolute atomic E-state index is 12.4. The zero-order valence-corrected chi connectivity index (χ0v) is 10.6. The molecule has 2 amide bonds. The van der Waals surface area contributed by atoms with Crippen LogP contribution in [0.2, 0.25) is 0 Å². The first-order valence-corrected chi connectivity index (χ1v) is 6.48. The molecule has 0 aromatic rings. The predicted octanol–water partition coefficient (Wildman–Crippen LogP) is 0.497. The standard InChI is InChI=1S/C10H14N2O2S2/c13-7-9(15)3-1-5-11(9)8(14)10(16)4-2-6-12(7)10/h15-16H,1-6H2. The summed E-state index contributed by atoms with van der Waals surface area (Å²) in [7, 11) is 0. The lowest BCUT2D eigenvalue weighted by Crippen LogP contribution is -2.69. The summed E-state index contributed by atoms with van der Waals surface area (Å²) in [6.45, 7) is 1.26. The van der Waals surface area contributed by atoms with Crippen molar-refractivity contribution in [2.45, 2.75) is 35.4 Å². The van der Waals surface area contributed by atoms with E-state index in [2.05, 4.69) is 25.3 Å². The number of thiol groups is 2. The smallest absolute Gasteiger partial charge is 0.260 e. The van der Waals surface area contributed by atoms with Gasteiger partial charge in [0.05, 0.1) is 0 Å². The molecule has 3 rings (SSSR count). The molecule has 3 heterocycles. The number of nitrogens with zero attached hydrogens (tertiary/aromatic N) is 2. The quantitative estimate of drug-likeness (QED) is 0.621. The molecule has 4 nitrogen and oxygen atoms in total. The number of hydrogen-bond acceptors (Lipinski definition) is 4. The molecular weight excluding hydrogens is 244 g/mol. The highest BCUT2D eigenvalue weighted by molar-refractivity contribution is 7.83. The fourth-order valence-corrected chi connectivity index (χ4v) is 3.96. The summed E-state index contributed by atoms with van der Waals surface area (Å²) < 4.78 is 0. The predicted molar refractivity (Wildman–Crippen MR) is 65.3 cm³/mol. The summed E-state index contributed by atoms with van der Waals surface area (Å²) in [4.78, 5) is 26.2. The molecule has 0 aromatic heterocycles. The summed E-state index contributed by atoms with van der Waals surface area (Å²) in [6, 6.07) is 0. The van der Waals surface area contributed by atoms with Crippen LogP contribution in [-0.2, 0) is 9.59 Å². The van der Waals surface area contributed by atoms with Crippen LogP contribution in [0, 0.1) is 0 Å². The van der Waals surface area contributed by atoms with Gasteiger partial charge in [0.25, 0.3) is 11.8 Å². The van der Waals surface area contributed by atoms with E-state index in [9.17, 15) is 9.59 Å². The molecule has 0 N–H and O–H groups in total. The van der Waals surface area contributed by atoms with Gasteiger partial charge in [-0.2, -0.15) is 0 Å². The molecule has 2 unspecified atom stereocenters. The first kappa shape index (κ1) is 10.8. The second-order valence-electron chi connectivity index (χ2n) is 4.75. The molecule has 0 saturated carbocycles. The van der Waals surface area contributed by atoms with E-state index in [1.54, 1.807) is 9.80 Å². The van der Waals surface area contributed by atoms with E-state index in [1.807, 2.05) is 0 Å². The molecule has 0 spiro atoms. The van der Waals surface area contributed by atoms with Crippen molar-refractivity contribution in [1.82, 2.24) is 9.80 Å². The van der Waals surface area contributed by atoms with Crippen LogP contribution >= 0.6 is 25.3 Å². The van der Waals surface area contributed by atoms with Crippen LogP contribution in [0.1, 0.15) is 25.7 Å². The monoisotopic (exact) mass is 258 g/mol. The lowest BCUT2D eigenvalue weighted by Gasteiger charge is -2.48. The van der Waals surface area contributed by atoms with E-state index >= 15 is 0 Å². The van der Waals surface area contributed by atoms with E-state index in [-0.39, 0.29) is 11.8 Å². The molecule has 3 aliphatic rings. The number of fused-ring (bicyclic) bond motifs is 2. The number of piperazine rings is 1. The first-order valence-electron chi connectivity index (χ1n) is 5.59. The van der Waals surface area contributed by atoms with Crippen LogP contribution in [0.3, 0.4) is 0 Å². The zero-order valence-electron chi connectivity index (χ0n) is 8.85. The fraction of sp³-hybridized carbons (Fsp3) is 0.800. The Hall–Kier alpha value is -0.360. The Labute approximate surface area is 105 Å². The Morgan fingerprint density at radius 1 is 0.875 bits per heavy atom. The molecule has 3 aliphatic heterocycles. The topological polar surface area (TPSA) is 40.6 Å². The maximum atomic E-state index is 12.4. The minimum absolute atomic E-state index is 0.0413. The van der Waals surface area contributed by atoms with Crippen molar-refractivity contribution in [1.29, 1.82) is 0 Å². The highest BCUT2D eigenvalue weighted by atomic mass is 32.1. The van der Waals surface area contributed by atoms with E-state index in [1.165, 1.54) is 0 Å². The minimum Gasteiger partial charge on any atom is -0.317 e. The molecule has 0 aliphatic carbocycles. The molecule has 2 atom stereocenters. The van der Waals surface area contributed by atoms with Crippen LogP contribution in [-0.4, -0.2) is 44.4 Å². The number of carbonyl (C=O) groups is 2. The van der Waals surface area contributed by atoms with E-state index < -0.39 is 9.74 Å². The highest BCUT2D eigenvalue weighted by Gasteiger charge is 2.63. The van der Waals surface area contributed by atoms with Crippen molar-refractivity contribution in [2.24, 2.45) is 0 Å². The molecule has 3 fully saturated rings. The largest absolute Gasteiger partial charge is 0.317 e. The van der Waals surface area contributed by atoms with Crippen molar-refractivity contribution in [2.75, 3.05) is 13.1 Å². The number of hydrogen-bond donors (Lipinski definition) is 2. The third-order valence-electron chi connectivity index (χ3n) is 3.88. The van der Waals surface area contributed by atoms with Gasteiger partial charge in [-0.1, -0.05) is 0 Å². The van der Waals surface area contributed by atoms with Gasteiger partial charge in [0.15, 0.2) is 9.74 Å². The molecule has 0 aromatic carbocycles. The van der Waals surface area contributed by atoms with Gasteiger partial charge in [0.1, 0.15) is 0 Å². The lowest BCUT2D eigenvalue weighted by molar-refractivity contribution is -0.161. The third-order valence-corrected chi connectivity index (χ3v) is 5.20. The summed E-state index contributed by atoms with van der Waals surface area (Å²) in [5.41, 5.74) is 0. The number of amides is 2. The zero-order chi connectivity index (χ0) is 11.6. The molecule has 16 heavy (non-hydrogen) atoms. The van der Waals surface area contributed by atoms with E-state index in [0.717, 1.165) is 12.8 Å². The van der Waals surface area contributed by atoms with Crippen LogP contribution in [0.5, 0.6) is 0 Å². The van der Waals surface area contributed by atoms with E-state index in [0.29, 0.717) is 25.9 Å². The molecule has 88 valence electrons. The second kappa shape index (κ2) is 3.10. The Morgan fingerprint density at radius 2 is 1.25 bits per heavy atom. The number of rotatable bonds is 0. The fourth-order valence-electron chi connectivity index (χ4n) is 3.02. The summed E-state index contributed by atoms with van der Waals surface area (Å²) >= 11 is 8.92. The Morgan fingerprint density at radius 3 is 1.62 bits per heavy atom. The summed E-state index contributed by atoms with van der Waals surface area (Å²) in [6.07, 6.45) is 3.00. The molecule has 6 heteroatoms. The van der Waals surface area contributed by atoms with Crippen molar-refractivity contribution < 1.29 is 9.59 Å². The van der Waals surface area contributed by atoms with Crippen LogP contribution in [0.4, 0.5) is 0 Å². The number of carbonyl (C=O) groups excluding carboxylic acids is 2. The molecule has 0 bridgehead atoms. The van der Waals surface area contributed by atoms with Crippen molar-refractivity contribution in [3.05, 3.63) is 0 Å². The van der Waals surface area contributed by atoms with Gasteiger partial charge in [-0.3, -0.25) is 9.59 Å². The minimum atomic E-state index is -0.895. The van der Waals surface area contributed by atoms with Gasteiger partial charge in [0.2, 0.25) is 0 Å². The summed E-state index contributed by atoms with van der Waals surface area (Å²) in [5, 5.41) is 0. The Bertz CT molecular complexity index is 353. The lowest BCUT2D eigenvalue weighted by atomic mass is 10.1. The highest BCUT2D eigenvalue weighted by Crippen LogP contribution is 2.47. The van der Waals surface area contributed by atoms with Gasteiger partial charge in [-0.15, -0.1) is 25.3 Å². The Kier molecular flexibility index (Phi) is 2.09. The van der Waals surface area contributed by atoms with Gasteiger partial charge in [-0.25, -0.2) is 0 Å². The average Bonchev–Trinajstić information content (AvgIpc) is 2.81. The molecule has 0 radical (unpaired) electrons. The van der Waals surface area contributed by atoms with Crippen molar-refractivity contribution in [3.8, 4) is 0 Å². The van der Waals surface area contributed by atoms with Crippen molar-refractivity contribution >= 4 is 37.1 Å². The Balaban J connectivity index is 2.09. The van der Waals surface area contributed by atoms with Gasteiger partial charge >= 0.3 is 0 Å². The van der Waals surface area contributed by atoms with Crippen LogP contribution in [0.25, 0.3) is 0 Å². The maximum Gasteiger partial charge on any atom is 0.260 e. The molecule has 3 saturated heterocycles. The third kappa shape index (κ3) is 1.05. The molecular formula is C10H14N2O2S2. The van der Waals surface area contributed by atoms with Crippen LogP contribution < -0.4 is 0 Å². The van der Waals surface area contributed by atoms with Gasteiger partial charge < -0.3 is 9.80 Å². The summed E-state index contributed by atoms with van der Waals surface area (Å²) in [5.74, 6) is -0.0825. The van der Waals surface area contributed by atoms with Gasteiger partial charge in [-0.05, 0) is 25.7 Å². The SMILES string of the molecule is O=C1N2CCCC2(S)C(=O)N2CCCC12S.